The Balaban J connectivity index is 0.000000399. The van der Waals surface area contributed by atoms with E-state index in [9.17, 15) is 0 Å². The molecule has 0 radical (unpaired) electrons. The minimum Gasteiger partial charge on any atom is -0.493 e. The van der Waals surface area contributed by atoms with Gasteiger partial charge in [-0.25, -0.2) is 23.1 Å². The van der Waals surface area contributed by atoms with Gasteiger partial charge in [0.15, 0.2) is 11.5 Å². The van der Waals surface area contributed by atoms with E-state index < -0.39 is 10.2 Å². The third-order valence-corrected chi connectivity index (χ3v) is 3.80. The van der Waals surface area contributed by atoms with Crippen molar-refractivity contribution in [1.82, 2.24) is 0 Å². The molecule has 1 heterocycles. The van der Waals surface area contributed by atoms with Gasteiger partial charge in [0, 0.05) is 12.1 Å². The average Bonchev–Trinajstić information content (AvgIpc) is 2.59. The molecule has 0 saturated carbocycles. The van der Waals surface area contributed by atoms with Crippen molar-refractivity contribution < 1.29 is 42.8 Å². The molecule has 0 amide bonds. The zero-order chi connectivity index (χ0) is 18.4. The minimum atomic E-state index is -4.94. The van der Waals surface area contributed by atoms with Crippen molar-refractivity contribution in [3.8, 4) is 22.8 Å². The molecule has 0 spiro atoms. The van der Waals surface area contributed by atoms with Crippen LogP contribution in [0.2, 0.25) is 0 Å². The Morgan fingerprint density at radius 2 is 1.52 bits per heavy atom. The van der Waals surface area contributed by atoms with Gasteiger partial charge >= 0.3 is 11.5 Å². The Hall–Kier alpha value is -1.90. The van der Waals surface area contributed by atoms with Gasteiger partial charge in [0.25, 0.3) is 0 Å². The normalized spacial score (nSPS) is 13.4. The van der Waals surface area contributed by atoms with Crippen LogP contribution < -0.4 is 28.1 Å². The molecule has 25 heavy (non-hydrogen) atoms. The van der Waals surface area contributed by atoms with Crippen molar-refractivity contribution in [3.63, 3.8) is 0 Å². The highest BCUT2D eigenvalue weighted by Gasteiger charge is 2.23. The van der Waals surface area contributed by atoms with Crippen LogP contribution in [0, 0.1) is 10.2 Å². The Bertz CT molecular complexity index is 669. The number of hydrogen-bond donors (Lipinski definition) is 0. The predicted molar refractivity (Wildman–Crippen MR) is 78.3 cm³/mol. The van der Waals surface area contributed by atoms with Gasteiger partial charge in [-0.2, -0.15) is 0 Å². The Morgan fingerprint density at radius 1 is 0.880 bits per heavy atom. The SMILES string of the molecule is COc1ccc(-c2ccc3c([o+]2)CCCC3)cc1OC.[O-][Cl+3]([O-])([O-])[O-]. The molecule has 0 aliphatic heterocycles. The fraction of sp³-hybridized carbons (Fsp3) is 0.353. The highest BCUT2D eigenvalue weighted by molar-refractivity contribution is 5.62. The van der Waals surface area contributed by atoms with Gasteiger partial charge in [-0.15, -0.1) is 10.2 Å². The molecule has 0 atom stereocenters. The van der Waals surface area contributed by atoms with Gasteiger partial charge in [-0.05, 0) is 37.5 Å². The van der Waals surface area contributed by atoms with E-state index in [-0.39, 0.29) is 0 Å². The number of aryl methyl sites for hydroxylation is 2. The molecule has 1 aromatic heterocycles. The van der Waals surface area contributed by atoms with E-state index in [0.717, 1.165) is 41.4 Å². The fourth-order valence-corrected chi connectivity index (χ4v) is 2.68. The summed E-state index contributed by atoms with van der Waals surface area (Å²) in [6.07, 6.45) is 4.64. The Morgan fingerprint density at radius 3 is 2.16 bits per heavy atom. The lowest BCUT2D eigenvalue weighted by Crippen LogP contribution is -2.68. The second-order valence-electron chi connectivity index (χ2n) is 5.40. The maximum absolute atomic E-state index is 8.49. The summed E-state index contributed by atoms with van der Waals surface area (Å²) in [6, 6.07) is 10.1. The zero-order valence-corrected chi connectivity index (χ0v) is 14.7. The van der Waals surface area contributed by atoms with Gasteiger partial charge in [0.1, 0.15) is 0 Å². The molecule has 136 valence electrons. The topological polar surface area (TPSA) is 122 Å². The second kappa shape index (κ2) is 8.46. The van der Waals surface area contributed by atoms with Crippen LogP contribution in [0.3, 0.4) is 0 Å². The van der Waals surface area contributed by atoms with Crippen molar-refractivity contribution in [2.24, 2.45) is 0 Å². The molecule has 2 aromatic rings. The van der Waals surface area contributed by atoms with Crippen LogP contribution in [0.5, 0.6) is 11.5 Å². The van der Waals surface area contributed by atoms with Crippen LogP contribution in [-0.2, 0) is 12.8 Å². The van der Waals surface area contributed by atoms with Crippen LogP contribution in [0.1, 0.15) is 24.2 Å². The lowest BCUT2D eigenvalue weighted by Gasteiger charge is -2.17. The molecule has 0 N–H and O–H groups in total. The van der Waals surface area contributed by atoms with Crippen molar-refractivity contribution in [1.29, 1.82) is 0 Å². The minimum absolute atomic E-state index is 0.720. The van der Waals surface area contributed by atoms with Gasteiger partial charge in [-0.3, -0.25) is 0 Å². The van der Waals surface area contributed by atoms with E-state index in [0.29, 0.717) is 0 Å². The summed E-state index contributed by atoms with van der Waals surface area (Å²) in [5.41, 5.74) is 2.36. The number of fused-ring (bicyclic) bond motifs is 1. The molecule has 0 unspecified atom stereocenters. The van der Waals surface area contributed by atoms with Crippen LogP contribution >= 0.6 is 0 Å². The molecule has 3 rings (SSSR count). The summed E-state index contributed by atoms with van der Waals surface area (Å²) < 4.78 is 50.6. The van der Waals surface area contributed by atoms with E-state index in [1.54, 1.807) is 14.2 Å². The molecule has 0 fully saturated rings. The summed E-state index contributed by atoms with van der Waals surface area (Å²) in [6.45, 7) is 0. The molecule has 8 heteroatoms. The smallest absolute Gasteiger partial charge is 0.360 e. The monoisotopic (exact) mass is 370 g/mol. The Labute approximate surface area is 147 Å². The summed E-state index contributed by atoms with van der Waals surface area (Å²) in [5.74, 6) is 3.46. The lowest BCUT2D eigenvalue weighted by atomic mass is 9.97. The average molecular weight is 371 g/mol. The van der Waals surface area contributed by atoms with E-state index in [4.69, 9.17) is 32.5 Å². The van der Waals surface area contributed by atoms with Crippen LogP contribution in [0.4, 0.5) is 0 Å². The van der Waals surface area contributed by atoms with E-state index in [2.05, 4.69) is 6.07 Å². The highest BCUT2D eigenvalue weighted by Crippen LogP contribution is 2.33. The van der Waals surface area contributed by atoms with Gasteiger partial charge < -0.3 is 9.47 Å². The summed E-state index contributed by atoms with van der Waals surface area (Å²) in [7, 11) is -1.66. The quantitative estimate of drug-likeness (QED) is 0.659. The maximum Gasteiger partial charge on any atom is 0.360 e. The van der Waals surface area contributed by atoms with Gasteiger partial charge in [0.05, 0.1) is 31.8 Å². The highest BCUT2D eigenvalue weighted by atomic mass is 35.7. The summed E-state index contributed by atoms with van der Waals surface area (Å²) in [4.78, 5) is 0. The first-order valence-electron chi connectivity index (χ1n) is 7.61. The van der Waals surface area contributed by atoms with Crippen molar-refractivity contribution in [2.75, 3.05) is 14.2 Å². The van der Waals surface area contributed by atoms with E-state index in [1.807, 2.05) is 24.3 Å². The second-order valence-corrected chi connectivity index (χ2v) is 6.16. The van der Waals surface area contributed by atoms with E-state index >= 15 is 0 Å². The molecule has 0 saturated heterocycles. The first-order valence-corrected chi connectivity index (χ1v) is 8.84. The molecule has 1 aromatic carbocycles. The molecular formula is C17H19ClO7. The van der Waals surface area contributed by atoms with Crippen molar-refractivity contribution >= 4 is 0 Å². The van der Waals surface area contributed by atoms with Crippen molar-refractivity contribution in [3.05, 3.63) is 41.7 Å². The van der Waals surface area contributed by atoms with Gasteiger partial charge in [0.2, 0.25) is 0 Å². The van der Waals surface area contributed by atoms with Crippen LogP contribution in [-0.4, -0.2) is 14.2 Å². The number of ether oxygens (including phenoxy) is 2. The first-order chi connectivity index (χ1) is 11.8. The molecule has 0 bridgehead atoms. The number of halogens is 1. The number of rotatable bonds is 3. The predicted octanol–water partition coefficient (Wildman–Crippen LogP) is -0.632. The van der Waals surface area contributed by atoms with Crippen molar-refractivity contribution in [2.45, 2.75) is 25.7 Å². The fourth-order valence-electron chi connectivity index (χ4n) is 2.68. The summed E-state index contributed by atoms with van der Waals surface area (Å²) in [5, 5.41) is 0. The molecule has 1 aliphatic rings. The molecule has 1 aliphatic carbocycles. The van der Waals surface area contributed by atoms with Crippen LogP contribution in [0.25, 0.3) is 11.3 Å². The van der Waals surface area contributed by atoms with Crippen LogP contribution in [0.15, 0.2) is 34.7 Å². The van der Waals surface area contributed by atoms with E-state index in [1.165, 1.54) is 18.4 Å². The summed E-state index contributed by atoms with van der Waals surface area (Å²) >= 11 is 0. The number of hydrogen-bond acceptors (Lipinski definition) is 6. The van der Waals surface area contributed by atoms with Gasteiger partial charge in [-0.1, -0.05) is 0 Å². The number of methoxy groups -OCH3 is 2. The zero-order valence-electron chi connectivity index (χ0n) is 14.0. The first kappa shape index (κ1) is 19.4. The molecule has 7 nitrogen and oxygen atoms in total. The largest absolute Gasteiger partial charge is 0.493 e. The molecular weight excluding hydrogens is 352 g/mol. The number of benzene rings is 1. The lowest BCUT2D eigenvalue weighted by molar-refractivity contribution is -2.00. The maximum atomic E-state index is 8.49. The third-order valence-electron chi connectivity index (χ3n) is 3.80. The Kier molecular flexibility index (Phi) is 6.57. The third kappa shape index (κ3) is 5.84. The standard InChI is InChI=1S/C17H19O3.ClHO4/c1-18-16-10-8-13(11-17(16)19-2)15-9-7-12-5-3-4-6-14(12)20-15;2-1(3,4)5/h7-11H,3-6H2,1-2H3;(H,2,3,4,5)/q+1;/p-1.